The molecule has 0 spiro atoms. The number of rotatable bonds is 3. The molecule has 0 atom stereocenters. The smallest absolute Gasteiger partial charge is 0.228 e. The second kappa shape index (κ2) is 5.89. The molecule has 0 saturated heterocycles. The van der Waals surface area contributed by atoms with Gasteiger partial charge in [0.2, 0.25) is 5.91 Å². The van der Waals surface area contributed by atoms with Gasteiger partial charge in [0.1, 0.15) is 5.82 Å². The van der Waals surface area contributed by atoms with E-state index in [9.17, 15) is 4.79 Å². The molecule has 1 aromatic carbocycles. The lowest BCUT2D eigenvalue weighted by Crippen LogP contribution is -2.21. The number of nitrogens with one attached hydrogen (secondary N) is 1. The highest BCUT2D eigenvalue weighted by atomic mass is 35.5. The molecule has 0 bridgehead atoms. The van der Waals surface area contributed by atoms with Crippen LogP contribution in [0.15, 0.2) is 30.3 Å². The van der Waals surface area contributed by atoms with Crippen molar-refractivity contribution in [3.63, 3.8) is 0 Å². The second-order valence-electron chi connectivity index (χ2n) is 6.21. The van der Waals surface area contributed by atoms with Crippen molar-refractivity contribution in [1.29, 1.82) is 0 Å². The molecule has 1 aromatic heterocycles. The SMILES string of the molecule is O=C(Nc1cc2n(n1)CCN2c1cccc(Cl)c1)C1CCCC1. The number of fused-ring (bicyclic) bond motifs is 1. The van der Waals surface area contributed by atoms with Crippen molar-refractivity contribution in [2.75, 3.05) is 16.8 Å². The molecule has 0 unspecified atom stereocenters. The predicted molar refractivity (Wildman–Crippen MR) is 91.3 cm³/mol. The summed E-state index contributed by atoms with van der Waals surface area (Å²) in [6.07, 6.45) is 4.29. The molecular weight excluding hydrogens is 312 g/mol. The van der Waals surface area contributed by atoms with Crippen LogP contribution in [-0.4, -0.2) is 22.2 Å². The molecule has 0 radical (unpaired) electrons. The molecule has 1 fully saturated rings. The molecule has 1 amide bonds. The van der Waals surface area contributed by atoms with E-state index in [2.05, 4.69) is 15.3 Å². The Hall–Kier alpha value is -2.01. The quantitative estimate of drug-likeness (QED) is 0.930. The van der Waals surface area contributed by atoms with E-state index in [-0.39, 0.29) is 11.8 Å². The number of hydrogen-bond donors (Lipinski definition) is 1. The Morgan fingerprint density at radius 1 is 1.22 bits per heavy atom. The van der Waals surface area contributed by atoms with Crippen LogP contribution in [-0.2, 0) is 11.3 Å². The highest BCUT2D eigenvalue weighted by Crippen LogP contribution is 2.33. The summed E-state index contributed by atoms with van der Waals surface area (Å²) in [6, 6.07) is 9.73. The van der Waals surface area contributed by atoms with Crippen LogP contribution in [0.2, 0.25) is 5.02 Å². The molecule has 1 saturated carbocycles. The van der Waals surface area contributed by atoms with Gasteiger partial charge in [0, 0.05) is 29.2 Å². The van der Waals surface area contributed by atoms with E-state index in [1.807, 2.05) is 35.0 Å². The van der Waals surface area contributed by atoms with Crippen LogP contribution in [0.3, 0.4) is 0 Å². The third-order valence-electron chi connectivity index (χ3n) is 4.67. The van der Waals surface area contributed by atoms with E-state index < -0.39 is 0 Å². The highest BCUT2D eigenvalue weighted by molar-refractivity contribution is 6.30. The molecule has 120 valence electrons. The second-order valence-corrected chi connectivity index (χ2v) is 6.65. The number of amides is 1. The highest BCUT2D eigenvalue weighted by Gasteiger charge is 2.26. The number of carbonyl (C=O) groups excluding carboxylic acids is 1. The molecular formula is C17H19ClN4O. The largest absolute Gasteiger partial charge is 0.325 e. The molecule has 1 aliphatic heterocycles. The Bertz CT molecular complexity index is 736. The molecule has 2 aliphatic rings. The first-order valence-corrected chi connectivity index (χ1v) is 8.50. The number of nitrogens with zero attached hydrogens (tertiary/aromatic N) is 3. The maximum absolute atomic E-state index is 12.2. The third kappa shape index (κ3) is 2.81. The number of anilines is 3. The van der Waals surface area contributed by atoms with Gasteiger partial charge in [-0.05, 0) is 31.0 Å². The zero-order chi connectivity index (χ0) is 15.8. The Morgan fingerprint density at radius 2 is 2.04 bits per heavy atom. The van der Waals surface area contributed by atoms with Crippen LogP contribution >= 0.6 is 11.6 Å². The number of hydrogen-bond acceptors (Lipinski definition) is 3. The lowest BCUT2D eigenvalue weighted by Gasteiger charge is -2.17. The monoisotopic (exact) mass is 330 g/mol. The predicted octanol–water partition coefficient (Wildman–Crippen LogP) is 3.82. The van der Waals surface area contributed by atoms with Gasteiger partial charge < -0.3 is 10.2 Å². The fourth-order valence-electron chi connectivity index (χ4n) is 3.48. The summed E-state index contributed by atoms with van der Waals surface area (Å²) in [5.41, 5.74) is 1.05. The fraction of sp³-hybridized carbons (Fsp3) is 0.412. The van der Waals surface area contributed by atoms with Crippen LogP contribution in [0.5, 0.6) is 0 Å². The summed E-state index contributed by atoms with van der Waals surface area (Å²) < 4.78 is 1.94. The van der Waals surface area contributed by atoms with E-state index in [1.54, 1.807) is 0 Å². The zero-order valence-electron chi connectivity index (χ0n) is 12.8. The van der Waals surface area contributed by atoms with Crippen molar-refractivity contribution < 1.29 is 4.79 Å². The van der Waals surface area contributed by atoms with Gasteiger partial charge in [0.05, 0.1) is 6.54 Å². The molecule has 5 nitrogen and oxygen atoms in total. The van der Waals surface area contributed by atoms with E-state index >= 15 is 0 Å². The van der Waals surface area contributed by atoms with Gasteiger partial charge in [-0.2, -0.15) is 5.10 Å². The van der Waals surface area contributed by atoms with Crippen LogP contribution in [0, 0.1) is 5.92 Å². The Labute approximate surface area is 140 Å². The average molecular weight is 331 g/mol. The molecule has 4 rings (SSSR count). The Morgan fingerprint density at radius 3 is 2.83 bits per heavy atom. The average Bonchev–Trinajstić information content (AvgIpc) is 3.23. The summed E-state index contributed by atoms with van der Waals surface area (Å²) in [7, 11) is 0. The molecule has 6 heteroatoms. The van der Waals surface area contributed by atoms with Gasteiger partial charge in [-0.3, -0.25) is 4.79 Å². The van der Waals surface area contributed by atoms with Crippen LogP contribution in [0.25, 0.3) is 0 Å². The maximum Gasteiger partial charge on any atom is 0.228 e. The van der Waals surface area contributed by atoms with Gasteiger partial charge in [-0.15, -0.1) is 0 Å². The van der Waals surface area contributed by atoms with Crippen LogP contribution < -0.4 is 10.2 Å². The zero-order valence-corrected chi connectivity index (χ0v) is 13.6. The van der Waals surface area contributed by atoms with Crippen LogP contribution in [0.1, 0.15) is 25.7 Å². The molecule has 23 heavy (non-hydrogen) atoms. The summed E-state index contributed by atoms with van der Waals surface area (Å²) in [6.45, 7) is 1.67. The first-order valence-electron chi connectivity index (χ1n) is 8.12. The van der Waals surface area contributed by atoms with Crippen molar-refractivity contribution in [3.05, 3.63) is 35.4 Å². The lowest BCUT2D eigenvalue weighted by atomic mass is 10.1. The number of benzene rings is 1. The summed E-state index contributed by atoms with van der Waals surface area (Å²) in [5.74, 6) is 1.89. The summed E-state index contributed by atoms with van der Waals surface area (Å²) in [4.78, 5) is 14.4. The van der Waals surface area contributed by atoms with E-state index in [0.717, 1.165) is 55.3 Å². The first kappa shape index (κ1) is 14.6. The van der Waals surface area contributed by atoms with Crippen molar-refractivity contribution in [2.45, 2.75) is 32.2 Å². The first-order chi connectivity index (χ1) is 11.2. The van der Waals surface area contributed by atoms with E-state index in [1.165, 1.54) is 0 Å². The number of halogens is 1. The fourth-order valence-corrected chi connectivity index (χ4v) is 3.67. The van der Waals surface area contributed by atoms with Crippen LogP contribution in [0.4, 0.5) is 17.3 Å². The van der Waals surface area contributed by atoms with Crippen molar-refractivity contribution in [1.82, 2.24) is 9.78 Å². The lowest BCUT2D eigenvalue weighted by molar-refractivity contribution is -0.119. The molecule has 2 heterocycles. The molecule has 1 aliphatic carbocycles. The topological polar surface area (TPSA) is 50.2 Å². The van der Waals surface area contributed by atoms with Crippen molar-refractivity contribution in [3.8, 4) is 0 Å². The number of carbonyl (C=O) groups is 1. The Balaban J connectivity index is 1.53. The number of aromatic nitrogens is 2. The van der Waals surface area contributed by atoms with Gasteiger partial charge in [0.15, 0.2) is 5.82 Å². The molecule has 2 aromatic rings. The standard InChI is InChI=1S/C17H19ClN4O/c18-13-6-3-7-14(10-13)21-8-9-22-16(21)11-15(20-22)19-17(23)12-4-1-2-5-12/h3,6-7,10-12H,1-2,4-5,8-9H2,(H,19,20,23). The minimum Gasteiger partial charge on any atom is -0.325 e. The minimum absolute atomic E-state index is 0.105. The summed E-state index contributed by atoms with van der Waals surface area (Å²) in [5, 5.41) is 8.20. The van der Waals surface area contributed by atoms with Crippen molar-refractivity contribution in [2.24, 2.45) is 5.92 Å². The van der Waals surface area contributed by atoms with E-state index in [4.69, 9.17) is 11.6 Å². The van der Waals surface area contributed by atoms with Gasteiger partial charge in [-0.1, -0.05) is 30.5 Å². The maximum atomic E-state index is 12.2. The molecule has 1 N–H and O–H groups in total. The van der Waals surface area contributed by atoms with Gasteiger partial charge >= 0.3 is 0 Å². The van der Waals surface area contributed by atoms with Gasteiger partial charge in [-0.25, -0.2) is 4.68 Å². The third-order valence-corrected chi connectivity index (χ3v) is 4.90. The minimum atomic E-state index is 0.105. The van der Waals surface area contributed by atoms with Gasteiger partial charge in [0.25, 0.3) is 0 Å². The normalized spacial score (nSPS) is 17.5. The van der Waals surface area contributed by atoms with Crippen molar-refractivity contribution >= 4 is 34.8 Å². The van der Waals surface area contributed by atoms with E-state index in [0.29, 0.717) is 5.82 Å². The summed E-state index contributed by atoms with van der Waals surface area (Å²) >= 11 is 6.09. The Kier molecular flexibility index (Phi) is 3.73.